The van der Waals surface area contributed by atoms with Gasteiger partial charge in [-0.25, -0.2) is 9.18 Å². The maximum absolute atomic E-state index is 13.0. The third kappa shape index (κ3) is 3.61. The highest BCUT2D eigenvalue weighted by atomic mass is 19.1. The quantitative estimate of drug-likeness (QED) is 0.641. The normalized spacial score (nSPS) is 18.5. The highest BCUT2D eigenvalue weighted by Crippen LogP contribution is 2.30. The first kappa shape index (κ1) is 19.6. The number of hydrogen-bond donors (Lipinski definition) is 2. The van der Waals surface area contributed by atoms with E-state index in [9.17, 15) is 18.8 Å². The molecular formula is C23H20FN3O3. The summed E-state index contributed by atoms with van der Waals surface area (Å²) in [7, 11) is 0. The molecule has 0 aliphatic carbocycles. The molecule has 6 nitrogen and oxygen atoms in total. The number of nitrogens with one attached hydrogen (secondary N) is 2. The Morgan fingerprint density at radius 1 is 1.03 bits per heavy atom. The molecule has 0 radical (unpaired) electrons. The summed E-state index contributed by atoms with van der Waals surface area (Å²) in [4.78, 5) is 38.7. The summed E-state index contributed by atoms with van der Waals surface area (Å²) < 4.78 is 13.0. The van der Waals surface area contributed by atoms with Gasteiger partial charge in [0.15, 0.2) is 0 Å². The summed E-state index contributed by atoms with van der Waals surface area (Å²) >= 11 is 0. The molecule has 3 aromatic carbocycles. The molecule has 1 atom stereocenters. The van der Waals surface area contributed by atoms with E-state index in [4.69, 9.17) is 0 Å². The fourth-order valence-corrected chi connectivity index (χ4v) is 3.54. The smallest absolute Gasteiger partial charge is 0.325 e. The molecule has 3 aromatic rings. The van der Waals surface area contributed by atoms with Gasteiger partial charge in [-0.2, -0.15) is 0 Å². The van der Waals surface area contributed by atoms with Crippen molar-refractivity contribution in [2.75, 3.05) is 6.54 Å². The van der Waals surface area contributed by atoms with Gasteiger partial charge in [-0.15, -0.1) is 0 Å². The minimum Gasteiger partial charge on any atom is -0.350 e. The number of hydrogen-bond acceptors (Lipinski definition) is 3. The van der Waals surface area contributed by atoms with Crippen LogP contribution in [-0.2, 0) is 21.7 Å². The highest BCUT2D eigenvalue weighted by Gasteiger charge is 2.49. The van der Waals surface area contributed by atoms with Crippen LogP contribution in [0.4, 0.5) is 9.18 Å². The van der Waals surface area contributed by atoms with Gasteiger partial charge in [-0.3, -0.25) is 14.5 Å². The lowest BCUT2D eigenvalue weighted by molar-refractivity contribution is -0.134. The maximum atomic E-state index is 13.0. The molecule has 0 saturated carbocycles. The van der Waals surface area contributed by atoms with Gasteiger partial charge in [0, 0.05) is 6.54 Å². The maximum Gasteiger partial charge on any atom is 0.325 e. The second kappa shape index (κ2) is 7.59. The van der Waals surface area contributed by atoms with Crippen molar-refractivity contribution in [3.05, 3.63) is 83.7 Å². The van der Waals surface area contributed by atoms with Gasteiger partial charge in [-0.1, -0.05) is 48.5 Å². The molecule has 4 amide bonds. The van der Waals surface area contributed by atoms with Gasteiger partial charge in [-0.05, 0) is 47.0 Å². The van der Waals surface area contributed by atoms with Crippen LogP contribution in [0.2, 0.25) is 0 Å². The van der Waals surface area contributed by atoms with Gasteiger partial charge in [0.25, 0.3) is 5.91 Å². The zero-order valence-electron chi connectivity index (χ0n) is 16.3. The van der Waals surface area contributed by atoms with E-state index in [0.29, 0.717) is 11.1 Å². The number of urea groups is 1. The van der Waals surface area contributed by atoms with Crippen LogP contribution in [0.3, 0.4) is 0 Å². The largest absolute Gasteiger partial charge is 0.350 e. The lowest BCUT2D eigenvalue weighted by Crippen LogP contribution is -2.43. The fourth-order valence-electron chi connectivity index (χ4n) is 3.54. The van der Waals surface area contributed by atoms with Crippen LogP contribution in [0, 0.1) is 5.82 Å². The van der Waals surface area contributed by atoms with E-state index in [0.717, 1.165) is 15.7 Å². The molecule has 0 spiro atoms. The van der Waals surface area contributed by atoms with Gasteiger partial charge in [0.1, 0.15) is 17.9 Å². The summed E-state index contributed by atoms with van der Waals surface area (Å²) in [5.41, 5.74) is 0.106. The second-order valence-electron chi connectivity index (χ2n) is 7.41. The van der Waals surface area contributed by atoms with Crippen LogP contribution in [0.5, 0.6) is 0 Å². The molecule has 1 unspecified atom stereocenters. The predicted octanol–water partition coefficient (Wildman–Crippen LogP) is 3.06. The topological polar surface area (TPSA) is 78.5 Å². The zero-order chi connectivity index (χ0) is 21.3. The Kier molecular flexibility index (Phi) is 4.95. The molecule has 1 saturated heterocycles. The first-order valence-electron chi connectivity index (χ1n) is 9.51. The van der Waals surface area contributed by atoms with Crippen molar-refractivity contribution < 1.29 is 18.8 Å². The van der Waals surface area contributed by atoms with Crippen LogP contribution in [0.15, 0.2) is 66.7 Å². The lowest BCUT2D eigenvalue weighted by atomic mass is 9.90. The Bertz CT molecular complexity index is 1150. The number of carbonyl (C=O) groups excluding carboxylic acids is 3. The molecule has 1 heterocycles. The van der Waals surface area contributed by atoms with Crippen molar-refractivity contribution >= 4 is 28.6 Å². The molecule has 1 aliphatic heterocycles. The monoisotopic (exact) mass is 405 g/mol. The number of benzene rings is 3. The SMILES string of the molecule is CC1(c2ccc3ccccc3c2)NC(=O)N(CC(=O)NCc2ccc(F)cc2)C1=O. The van der Waals surface area contributed by atoms with Crippen LogP contribution in [-0.4, -0.2) is 29.3 Å². The van der Waals surface area contributed by atoms with E-state index < -0.39 is 29.9 Å². The summed E-state index contributed by atoms with van der Waals surface area (Å²) in [5, 5.41) is 7.33. The van der Waals surface area contributed by atoms with E-state index >= 15 is 0 Å². The predicted molar refractivity (Wildman–Crippen MR) is 110 cm³/mol. The van der Waals surface area contributed by atoms with Crippen molar-refractivity contribution in [2.45, 2.75) is 19.0 Å². The standard InChI is InChI=1S/C23H20FN3O3/c1-23(18-9-8-16-4-2-3-5-17(16)12-18)21(29)27(22(30)26-23)14-20(28)25-13-15-6-10-19(24)11-7-15/h2-12H,13-14H2,1H3,(H,25,28)(H,26,30). The first-order chi connectivity index (χ1) is 14.4. The fraction of sp³-hybridized carbons (Fsp3) is 0.174. The van der Waals surface area contributed by atoms with Crippen molar-refractivity contribution in [3.8, 4) is 0 Å². The summed E-state index contributed by atoms with van der Waals surface area (Å²) in [5.74, 6) is -1.33. The lowest BCUT2D eigenvalue weighted by Gasteiger charge is -2.22. The first-order valence-corrected chi connectivity index (χ1v) is 9.51. The van der Waals surface area contributed by atoms with Crippen molar-refractivity contribution in [2.24, 2.45) is 0 Å². The van der Waals surface area contributed by atoms with Crippen LogP contribution >= 0.6 is 0 Å². The molecule has 7 heteroatoms. The van der Waals surface area contributed by atoms with Crippen molar-refractivity contribution in [3.63, 3.8) is 0 Å². The summed E-state index contributed by atoms with van der Waals surface area (Å²) in [6.45, 7) is 1.41. The Balaban J connectivity index is 1.47. The molecule has 0 aromatic heterocycles. The third-order valence-corrected chi connectivity index (χ3v) is 5.31. The Labute approximate surface area is 172 Å². The third-order valence-electron chi connectivity index (χ3n) is 5.31. The molecule has 4 rings (SSSR count). The number of amides is 4. The molecule has 152 valence electrons. The number of fused-ring (bicyclic) bond motifs is 1. The minimum absolute atomic E-state index is 0.171. The number of carbonyl (C=O) groups is 3. The van der Waals surface area contributed by atoms with E-state index in [1.807, 2.05) is 36.4 Å². The van der Waals surface area contributed by atoms with E-state index in [1.165, 1.54) is 12.1 Å². The van der Waals surface area contributed by atoms with Crippen molar-refractivity contribution in [1.29, 1.82) is 0 Å². The Hall–Kier alpha value is -3.74. The van der Waals surface area contributed by atoms with E-state index in [1.54, 1.807) is 25.1 Å². The number of imide groups is 1. The van der Waals surface area contributed by atoms with Crippen LogP contribution in [0.1, 0.15) is 18.1 Å². The van der Waals surface area contributed by atoms with Gasteiger partial charge >= 0.3 is 6.03 Å². The van der Waals surface area contributed by atoms with Gasteiger partial charge < -0.3 is 10.6 Å². The number of halogens is 1. The minimum atomic E-state index is -1.25. The summed E-state index contributed by atoms with van der Waals surface area (Å²) in [6, 6.07) is 18.4. The second-order valence-corrected chi connectivity index (χ2v) is 7.41. The molecule has 0 bridgehead atoms. The van der Waals surface area contributed by atoms with E-state index in [-0.39, 0.29) is 12.4 Å². The van der Waals surface area contributed by atoms with E-state index in [2.05, 4.69) is 10.6 Å². The molecule has 1 aliphatic rings. The van der Waals surface area contributed by atoms with Gasteiger partial charge in [0.2, 0.25) is 5.91 Å². The van der Waals surface area contributed by atoms with Crippen molar-refractivity contribution in [1.82, 2.24) is 15.5 Å². The Morgan fingerprint density at radius 3 is 2.47 bits per heavy atom. The zero-order valence-corrected chi connectivity index (χ0v) is 16.3. The molecular weight excluding hydrogens is 385 g/mol. The summed E-state index contributed by atoms with van der Waals surface area (Å²) in [6.07, 6.45) is 0. The Morgan fingerprint density at radius 2 is 1.73 bits per heavy atom. The average molecular weight is 405 g/mol. The van der Waals surface area contributed by atoms with Crippen LogP contribution in [0.25, 0.3) is 10.8 Å². The van der Waals surface area contributed by atoms with Crippen LogP contribution < -0.4 is 10.6 Å². The highest BCUT2D eigenvalue weighted by molar-refractivity contribution is 6.09. The van der Waals surface area contributed by atoms with Gasteiger partial charge in [0.05, 0.1) is 0 Å². The molecule has 1 fully saturated rings. The average Bonchev–Trinajstić information content (AvgIpc) is 2.97. The number of rotatable bonds is 5. The molecule has 30 heavy (non-hydrogen) atoms. The number of nitrogens with zero attached hydrogens (tertiary/aromatic N) is 1. The molecule has 2 N–H and O–H groups in total.